The van der Waals surface area contributed by atoms with E-state index in [0.29, 0.717) is 5.92 Å². The van der Waals surface area contributed by atoms with Crippen LogP contribution in [0.2, 0.25) is 0 Å². The van der Waals surface area contributed by atoms with Gasteiger partial charge >= 0.3 is 0 Å². The van der Waals surface area contributed by atoms with Crippen LogP contribution in [0.5, 0.6) is 0 Å². The molecule has 0 aliphatic heterocycles. The summed E-state index contributed by atoms with van der Waals surface area (Å²) in [5, 5.41) is 0. The number of rotatable bonds is 6. The molecule has 0 amide bonds. The molecule has 0 fully saturated rings. The Balaban J connectivity index is 1.72. The van der Waals surface area contributed by atoms with Gasteiger partial charge in [-0.25, -0.2) is 0 Å². The van der Waals surface area contributed by atoms with Gasteiger partial charge in [0, 0.05) is 5.92 Å². The van der Waals surface area contributed by atoms with E-state index in [4.69, 9.17) is 0 Å². The maximum Gasteiger partial charge on any atom is 0.0121 e. The minimum absolute atomic E-state index is 0.367. The Morgan fingerprint density at radius 3 is 1.55 bits per heavy atom. The molecule has 0 aliphatic carbocycles. The van der Waals surface area contributed by atoms with Crippen LogP contribution in [-0.4, -0.2) is 0 Å². The third kappa shape index (κ3) is 3.85. The van der Waals surface area contributed by atoms with Crippen molar-refractivity contribution in [2.75, 3.05) is 0 Å². The first-order chi connectivity index (χ1) is 10.9. The largest absolute Gasteiger partial charge is 0.0622 e. The summed E-state index contributed by atoms with van der Waals surface area (Å²) in [5.41, 5.74) is 4.13. The molecule has 109 valence electrons. The molecule has 1 radical (unpaired) electrons. The van der Waals surface area contributed by atoms with Crippen LogP contribution in [0.1, 0.15) is 29.0 Å². The van der Waals surface area contributed by atoms with Gasteiger partial charge < -0.3 is 0 Å². The van der Waals surface area contributed by atoms with Crippen LogP contribution in [0.15, 0.2) is 91.0 Å². The molecule has 3 rings (SSSR count). The summed E-state index contributed by atoms with van der Waals surface area (Å²) in [5.74, 6) is 0.367. The second kappa shape index (κ2) is 7.61. The molecular weight excluding hydrogens is 264 g/mol. The molecular formula is C22H21. The van der Waals surface area contributed by atoms with Gasteiger partial charge in [0.1, 0.15) is 0 Å². The number of hydrogen-bond donors (Lipinski definition) is 0. The van der Waals surface area contributed by atoms with Gasteiger partial charge in [-0.3, -0.25) is 0 Å². The van der Waals surface area contributed by atoms with Crippen LogP contribution in [0.25, 0.3) is 0 Å². The average molecular weight is 285 g/mol. The van der Waals surface area contributed by atoms with Crippen molar-refractivity contribution in [3.63, 3.8) is 0 Å². The smallest absolute Gasteiger partial charge is 0.0121 e. The van der Waals surface area contributed by atoms with Gasteiger partial charge in [0.15, 0.2) is 0 Å². The molecule has 0 aliphatic rings. The molecule has 0 heterocycles. The van der Waals surface area contributed by atoms with Crippen molar-refractivity contribution in [2.24, 2.45) is 0 Å². The first-order valence-electron chi connectivity index (χ1n) is 7.90. The minimum atomic E-state index is 0.367. The molecule has 3 aromatic carbocycles. The summed E-state index contributed by atoms with van der Waals surface area (Å²) < 4.78 is 0. The lowest BCUT2D eigenvalue weighted by molar-refractivity contribution is 0.819. The van der Waals surface area contributed by atoms with Gasteiger partial charge in [0.2, 0.25) is 0 Å². The average Bonchev–Trinajstić information content (AvgIpc) is 2.61. The van der Waals surface area contributed by atoms with Gasteiger partial charge in [0.25, 0.3) is 0 Å². The maximum absolute atomic E-state index is 2.44. The van der Waals surface area contributed by atoms with Crippen LogP contribution >= 0.6 is 0 Å². The fourth-order valence-electron chi connectivity index (χ4n) is 2.85. The highest BCUT2D eigenvalue weighted by Gasteiger charge is 2.13. The van der Waals surface area contributed by atoms with Gasteiger partial charge in [-0.05, 0) is 36.0 Å². The van der Waals surface area contributed by atoms with E-state index in [-0.39, 0.29) is 0 Å². The van der Waals surface area contributed by atoms with E-state index >= 15 is 0 Å². The number of aryl methyl sites for hydroxylation is 1. The maximum atomic E-state index is 2.44. The Bertz CT molecular complexity index is 617. The molecule has 0 aromatic heterocycles. The van der Waals surface area contributed by atoms with Gasteiger partial charge in [-0.1, -0.05) is 91.0 Å². The summed E-state index contributed by atoms with van der Waals surface area (Å²) in [6.07, 6.45) is 4.62. The van der Waals surface area contributed by atoms with Crippen LogP contribution in [-0.2, 0) is 6.42 Å². The van der Waals surface area contributed by atoms with Crippen molar-refractivity contribution < 1.29 is 0 Å². The Morgan fingerprint density at radius 1 is 0.591 bits per heavy atom. The van der Waals surface area contributed by atoms with Crippen molar-refractivity contribution in [1.82, 2.24) is 0 Å². The van der Waals surface area contributed by atoms with Crippen molar-refractivity contribution in [2.45, 2.75) is 18.8 Å². The zero-order chi connectivity index (χ0) is 15.0. The first kappa shape index (κ1) is 14.6. The summed E-state index contributed by atoms with van der Waals surface area (Å²) in [6, 6.07) is 32.2. The van der Waals surface area contributed by atoms with Gasteiger partial charge in [-0.15, -0.1) is 0 Å². The Hall–Kier alpha value is -2.34. The highest BCUT2D eigenvalue weighted by atomic mass is 14.2. The predicted octanol–water partition coefficient (Wildman–Crippen LogP) is 5.66. The van der Waals surface area contributed by atoms with E-state index in [1.54, 1.807) is 0 Å². The fourth-order valence-corrected chi connectivity index (χ4v) is 2.85. The van der Waals surface area contributed by atoms with Crippen molar-refractivity contribution in [3.05, 3.63) is 114 Å². The van der Waals surface area contributed by atoms with Crippen molar-refractivity contribution in [1.29, 1.82) is 0 Å². The normalized spacial score (nSPS) is 10.8. The Labute approximate surface area is 133 Å². The molecule has 0 bridgehead atoms. The second-order valence-electron chi connectivity index (χ2n) is 5.56. The topological polar surface area (TPSA) is 0 Å². The highest BCUT2D eigenvalue weighted by Crippen LogP contribution is 2.28. The SMILES string of the molecule is [CH](CCc1ccccc1)C(c1ccccc1)c1ccccc1. The van der Waals surface area contributed by atoms with Crippen molar-refractivity contribution >= 4 is 0 Å². The first-order valence-corrected chi connectivity index (χ1v) is 7.90. The van der Waals surface area contributed by atoms with E-state index in [2.05, 4.69) is 97.4 Å². The highest BCUT2D eigenvalue weighted by molar-refractivity contribution is 5.35. The molecule has 0 heteroatoms. The minimum Gasteiger partial charge on any atom is -0.0622 e. The molecule has 3 aromatic rings. The molecule has 0 N–H and O–H groups in total. The fraction of sp³-hybridized carbons (Fsp3) is 0.136. The molecule has 0 unspecified atom stereocenters. The summed E-state index contributed by atoms with van der Waals surface area (Å²) in [7, 11) is 0. The Morgan fingerprint density at radius 2 is 1.05 bits per heavy atom. The molecule has 0 saturated heterocycles. The predicted molar refractivity (Wildman–Crippen MR) is 93.8 cm³/mol. The Kier molecular flexibility index (Phi) is 5.04. The van der Waals surface area contributed by atoms with Crippen molar-refractivity contribution in [3.8, 4) is 0 Å². The number of hydrogen-bond acceptors (Lipinski definition) is 0. The van der Waals surface area contributed by atoms with E-state index in [1.165, 1.54) is 16.7 Å². The lowest BCUT2D eigenvalue weighted by atomic mass is 9.86. The zero-order valence-corrected chi connectivity index (χ0v) is 12.7. The number of benzene rings is 3. The summed E-state index contributed by atoms with van der Waals surface area (Å²) >= 11 is 0. The third-order valence-corrected chi connectivity index (χ3v) is 4.00. The van der Waals surface area contributed by atoms with E-state index in [0.717, 1.165) is 12.8 Å². The van der Waals surface area contributed by atoms with Crippen LogP contribution in [0.4, 0.5) is 0 Å². The van der Waals surface area contributed by atoms with Gasteiger partial charge in [0.05, 0.1) is 0 Å². The second-order valence-corrected chi connectivity index (χ2v) is 5.56. The monoisotopic (exact) mass is 285 g/mol. The quantitative estimate of drug-likeness (QED) is 0.548. The lowest BCUT2D eigenvalue weighted by Crippen LogP contribution is -2.03. The summed E-state index contributed by atoms with van der Waals surface area (Å²) in [6.45, 7) is 0. The van der Waals surface area contributed by atoms with Crippen LogP contribution in [0.3, 0.4) is 0 Å². The van der Waals surface area contributed by atoms with E-state index in [1.807, 2.05) is 0 Å². The third-order valence-electron chi connectivity index (χ3n) is 4.00. The molecule has 0 saturated carbocycles. The van der Waals surface area contributed by atoms with Crippen LogP contribution < -0.4 is 0 Å². The standard InChI is InChI=1S/C22H21/c1-4-11-19(12-5-1)13-10-18-22(20-14-6-2-7-15-20)21-16-8-3-9-17-21/h1-9,11-12,14-18,22H,10,13H2. The molecule has 0 nitrogen and oxygen atoms in total. The van der Waals surface area contributed by atoms with Gasteiger partial charge in [-0.2, -0.15) is 0 Å². The zero-order valence-electron chi connectivity index (χ0n) is 12.7. The molecule has 0 atom stereocenters. The van der Waals surface area contributed by atoms with E-state index in [9.17, 15) is 0 Å². The summed E-state index contributed by atoms with van der Waals surface area (Å²) in [4.78, 5) is 0. The molecule has 0 spiro atoms. The molecule has 22 heavy (non-hydrogen) atoms. The van der Waals surface area contributed by atoms with E-state index < -0.39 is 0 Å². The van der Waals surface area contributed by atoms with Crippen LogP contribution in [0, 0.1) is 6.42 Å². The lowest BCUT2D eigenvalue weighted by Gasteiger charge is -2.18.